The Labute approximate surface area is 150 Å². The zero-order valence-corrected chi connectivity index (χ0v) is 14.1. The van der Waals surface area contributed by atoms with Crippen molar-refractivity contribution < 1.29 is 9.53 Å². The summed E-state index contributed by atoms with van der Waals surface area (Å²) >= 11 is 0. The maximum absolute atomic E-state index is 12.8. The summed E-state index contributed by atoms with van der Waals surface area (Å²) in [6, 6.07) is 5.75. The number of rotatable bonds is 4. The number of pyridine rings is 1. The van der Waals surface area contributed by atoms with Crippen molar-refractivity contribution in [1.82, 2.24) is 29.6 Å². The Hall–Kier alpha value is -3.13. The molecular weight excluding hydrogens is 332 g/mol. The van der Waals surface area contributed by atoms with Crippen molar-refractivity contribution in [3.8, 4) is 0 Å². The molecule has 1 aliphatic heterocycles. The van der Waals surface area contributed by atoms with Gasteiger partial charge in [-0.05, 0) is 23.8 Å². The van der Waals surface area contributed by atoms with Gasteiger partial charge in [0.15, 0.2) is 0 Å². The highest BCUT2D eigenvalue weighted by atomic mass is 16.5. The van der Waals surface area contributed by atoms with Gasteiger partial charge in [0.2, 0.25) is 0 Å². The molecule has 0 aromatic carbocycles. The van der Waals surface area contributed by atoms with Crippen LogP contribution >= 0.6 is 0 Å². The number of hydrogen-bond donors (Lipinski definition) is 0. The molecule has 1 unspecified atom stereocenters. The SMILES string of the molecule is O=C(c1cnccn1)N1Cc2ccnn2CC(OCc2ccncc2)C1. The van der Waals surface area contributed by atoms with Gasteiger partial charge < -0.3 is 9.64 Å². The van der Waals surface area contributed by atoms with Crippen LogP contribution in [-0.4, -0.2) is 48.2 Å². The van der Waals surface area contributed by atoms with E-state index < -0.39 is 0 Å². The van der Waals surface area contributed by atoms with E-state index in [-0.39, 0.29) is 12.0 Å². The topological polar surface area (TPSA) is 86.0 Å². The lowest BCUT2D eigenvalue weighted by Crippen LogP contribution is -2.37. The molecule has 0 saturated carbocycles. The van der Waals surface area contributed by atoms with E-state index in [0.29, 0.717) is 31.9 Å². The molecule has 4 rings (SSSR count). The van der Waals surface area contributed by atoms with Gasteiger partial charge in [0, 0.05) is 37.5 Å². The van der Waals surface area contributed by atoms with E-state index >= 15 is 0 Å². The van der Waals surface area contributed by atoms with E-state index in [0.717, 1.165) is 11.3 Å². The molecule has 0 fully saturated rings. The van der Waals surface area contributed by atoms with E-state index in [2.05, 4.69) is 20.1 Å². The van der Waals surface area contributed by atoms with E-state index in [9.17, 15) is 4.79 Å². The molecule has 1 amide bonds. The molecule has 0 saturated heterocycles. The zero-order chi connectivity index (χ0) is 17.8. The third-order valence-electron chi connectivity index (χ3n) is 4.26. The minimum atomic E-state index is -0.176. The van der Waals surface area contributed by atoms with Crippen molar-refractivity contribution in [2.24, 2.45) is 0 Å². The average molecular weight is 350 g/mol. The molecule has 26 heavy (non-hydrogen) atoms. The number of amides is 1. The lowest BCUT2D eigenvalue weighted by Gasteiger charge is -2.24. The number of ether oxygens (including phenoxy) is 1. The summed E-state index contributed by atoms with van der Waals surface area (Å²) in [5.74, 6) is -0.162. The highest BCUT2D eigenvalue weighted by Crippen LogP contribution is 2.17. The van der Waals surface area contributed by atoms with Gasteiger partial charge in [-0.15, -0.1) is 0 Å². The number of carbonyl (C=O) groups is 1. The first kappa shape index (κ1) is 16.3. The number of carbonyl (C=O) groups excluding carboxylic acids is 1. The molecule has 3 aromatic heterocycles. The monoisotopic (exact) mass is 350 g/mol. The van der Waals surface area contributed by atoms with Crippen LogP contribution in [0, 0.1) is 0 Å². The maximum atomic E-state index is 12.8. The summed E-state index contributed by atoms with van der Waals surface area (Å²) < 4.78 is 7.96. The van der Waals surface area contributed by atoms with Gasteiger partial charge in [-0.2, -0.15) is 5.10 Å². The Kier molecular flexibility index (Phi) is 4.65. The second-order valence-corrected chi connectivity index (χ2v) is 6.07. The molecule has 1 atom stereocenters. The van der Waals surface area contributed by atoms with E-state index in [1.165, 1.54) is 12.4 Å². The summed E-state index contributed by atoms with van der Waals surface area (Å²) in [4.78, 5) is 26.7. The van der Waals surface area contributed by atoms with Gasteiger partial charge in [0.05, 0.1) is 37.7 Å². The highest BCUT2D eigenvalue weighted by Gasteiger charge is 2.27. The summed E-state index contributed by atoms with van der Waals surface area (Å²) in [5, 5.41) is 4.35. The quantitative estimate of drug-likeness (QED) is 0.705. The number of aromatic nitrogens is 5. The fourth-order valence-corrected chi connectivity index (χ4v) is 2.94. The van der Waals surface area contributed by atoms with E-state index in [1.54, 1.807) is 29.7 Å². The highest BCUT2D eigenvalue weighted by molar-refractivity contribution is 5.91. The number of hydrogen-bond acceptors (Lipinski definition) is 6. The van der Waals surface area contributed by atoms with Crippen LogP contribution < -0.4 is 0 Å². The second kappa shape index (κ2) is 7.40. The smallest absolute Gasteiger partial charge is 0.274 e. The first-order chi connectivity index (χ1) is 12.8. The van der Waals surface area contributed by atoms with Crippen LogP contribution in [0.3, 0.4) is 0 Å². The summed E-state index contributed by atoms with van der Waals surface area (Å²) in [5.41, 5.74) is 2.34. The third-order valence-corrected chi connectivity index (χ3v) is 4.26. The molecule has 1 aliphatic rings. The number of fused-ring (bicyclic) bond motifs is 1. The van der Waals surface area contributed by atoms with Crippen LogP contribution in [0.15, 0.2) is 55.4 Å². The Morgan fingerprint density at radius 1 is 1.08 bits per heavy atom. The number of nitrogens with zero attached hydrogens (tertiary/aromatic N) is 6. The largest absolute Gasteiger partial charge is 0.370 e. The Balaban J connectivity index is 1.53. The van der Waals surface area contributed by atoms with Crippen LogP contribution in [0.4, 0.5) is 0 Å². The Morgan fingerprint density at radius 2 is 1.96 bits per heavy atom. The predicted molar refractivity (Wildman–Crippen MR) is 91.8 cm³/mol. The summed E-state index contributed by atoms with van der Waals surface area (Å²) in [7, 11) is 0. The van der Waals surface area contributed by atoms with Crippen LogP contribution in [0.2, 0.25) is 0 Å². The van der Waals surface area contributed by atoms with Crippen molar-refractivity contribution >= 4 is 5.91 Å². The molecule has 0 aliphatic carbocycles. The Bertz CT molecular complexity index is 868. The molecule has 0 N–H and O–H groups in total. The van der Waals surface area contributed by atoms with Crippen molar-refractivity contribution in [2.45, 2.75) is 25.8 Å². The summed E-state index contributed by atoms with van der Waals surface area (Å²) in [6.07, 6.45) is 9.59. The van der Waals surface area contributed by atoms with Crippen LogP contribution in [0.1, 0.15) is 21.7 Å². The molecule has 0 bridgehead atoms. The molecule has 4 heterocycles. The normalized spacial score (nSPS) is 16.8. The van der Waals surface area contributed by atoms with Crippen LogP contribution in [-0.2, 0) is 24.4 Å². The minimum Gasteiger partial charge on any atom is -0.370 e. The zero-order valence-electron chi connectivity index (χ0n) is 14.1. The van der Waals surface area contributed by atoms with Crippen molar-refractivity contribution in [3.63, 3.8) is 0 Å². The van der Waals surface area contributed by atoms with Crippen LogP contribution in [0.5, 0.6) is 0 Å². The van der Waals surface area contributed by atoms with Gasteiger partial charge in [-0.25, -0.2) is 4.98 Å². The average Bonchev–Trinajstić information content (AvgIpc) is 3.05. The molecule has 8 heteroatoms. The molecule has 3 aromatic rings. The van der Waals surface area contributed by atoms with Gasteiger partial charge >= 0.3 is 0 Å². The maximum Gasteiger partial charge on any atom is 0.274 e. The molecule has 0 radical (unpaired) electrons. The lowest BCUT2D eigenvalue weighted by atomic mass is 10.2. The molecule has 132 valence electrons. The van der Waals surface area contributed by atoms with Crippen molar-refractivity contribution in [3.05, 3.63) is 72.3 Å². The third kappa shape index (κ3) is 3.60. The fourth-order valence-electron chi connectivity index (χ4n) is 2.94. The van der Waals surface area contributed by atoms with Gasteiger partial charge in [0.1, 0.15) is 5.69 Å². The van der Waals surface area contributed by atoms with Crippen molar-refractivity contribution in [2.75, 3.05) is 6.54 Å². The molecule has 8 nitrogen and oxygen atoms in total. The van der Waals surface area contributed by atoms with Crippen molar-refractivity contribution in [1.29, 1.82) is 0 Å². The van der Waals surface area contributed by atoms with Crippen LogP contribution in [0.25, 0.3) is 0 Å². The summed E-state index contributed by atoms with van der Waals surface area (Å²) in [6.45, 7) is 1.98. The van der Waals surface area contributed by atoms with E-state index in [4.69, 9.17) is 4.74 Å². The fraction of sp³-hybridized carbons (Fsp3) is 0.278. The first-order valence-corrected chi connectivity index (χ1v) is 8.36. The first-order valence-electron chi connectivity index (χ1n) is 8.36. The second-order valence-electron chi connectivity index (χ2n) is 6.07. The van der Waals surface area contributed by atoms with Gasteiger partial charge in [-0.3, -0.25) is 19.4 Å². The lowest BCUT2D eigenvalue weighted by molar-refractivity contribution is 0.00898. The van der Waals surface area contributed by atoms with Gasteiger partial charge in [-0.1, -0.05) is 0 Å². The predicted octanol–water partition coefficient (Wildman–Crippen LogP) is 1.31. The van der Waals surface area contributed by atoms with Gasteiger partial charge in [0.25, 0.3) is 5.91 Å². The standard InChI is InChI=1S/C18H18N6O2/c25-18(17-9-20-7-8-21-17)23-10-15-3-6-22-24(15)12-16(11-23)26-13-14-1-4-19-5-2-14/h1-9,16H,10-13H2. The minimum absolute atomic E-state index is 0.162. The van der Waals surface area contributed by atoms with E-state index in [1.807, 2.05) is 22.9 Å². The Morgan fingerprint density at radius 3 is 2.77 bits per heavy atom. The molecule has 0 spiro atoms. The molecular formula is C18H18N6O2.